The molecule has 0 aliphatic heterocycles. The lowest BCUT2D eigenvalue weighted by Crippen LogP contribution is -2.17. The summed E-state index contributed by atoms with van der Waals surface area (Å²) in [5, 5.41) is 13.5. The van der Waals surface area contributed by atoms with Gasteiger partial charge in [0.2, 0.25) is 0 Å². The summed E-state index contributed by atoms with van der Waals surface area (Å²) in [7, 11) is 0. The van der Waals surface area contributed by atoms with E-state index in [1.807, 2.05) is 44.2 Å². The van der Waals surface area contributed by atoms with Crippen molar-refractivity contribution in [2.75, 3.05) is 6.54 Å². The first-order valence-corrected chi connectivity index (χ1v) is 8.36. The Balaban J connectivity index is 1.68. The summed E-state index contributed by atoms with van der Waals surface area (Å²) in [6.45, 7) is 5.25. The summed E-state index contributed by atoms with van der Waals surface area (Å²) in [6, 6.07) is 11.5. The third-order valence-electron chi connectivity index (χ3n) is 4.03. The first-order chi connectivity index (χ1) is 12.1. The molecular formula is C20H22N4O. The highest BCUT2D eigenvalue weighted by Gasteiger charge is 2.09. The van der Waals surface area contributed by atoms with Gasteiger partial charge in [-0.25, -0.2) is 4.98 Å². The standard InChI is InChI=1S/C20H22N4O/c1-14-12-23-15(2)20(24-14)16-6-7-19(25)17(11-16)13-21-10-8-18-5-3-4-9-22-18/h3-7,9,11-12,21,25H,8,10,13H2,1-2H3. The minimum absolute atomic E-state index is 0.285. The molecule has 0 saturated carbocycles. The van der Waals surface area contributed by atoms with Gasteiger partial charge in [0.15, 0.2) is 0 Å². The number of hydrogen-bond donors (Lipinski definition) is 2. The Bertz CT molecular complexity index is 850. The lowest BCUT2D eigenvalue weighted by molar-refractivity contribution is 0.464. The van der Waals surface area contributed by atoms with Crippen LogP contribution in [0.1, 0.15) is 22.6 Å². The minimum Gasteiger partial charge on any atom is -0.508 e. The van der Waals surface area contributed by atoms with E-state index in [9.17, 15) is 5.11 Å². The Morgan fingerprint density at radius 3 is 2.76 bits per heavy atom. The van der Waals surface area contributed by atoms with E-state index >= 15 is 0 Å². The molecule has 0 fully saturated rings. The van der Waals surface area contributed by atoms with Gasteiger partial charge in [-0.15, -0.1) is 0 Å². The topological polar surface area (TPSA) is 70.9 Å². The van der Waals surface area contributed by atoms with Crippen LogP contribution in [-0.4, -0.2) is 26.6 Å². The number of pyridine rings is 1. The summed E-state index contributed by atoms with van der Waals surface area (Å²) in [5.41, 5.74) is 5.48. The second-order valence-electron chi connectivity index (χ2n) is 6.04. The zero-order valence-electron chi connectivity index (χ0n) is 14.5. The Labute approximate surface area is 147 Å². The van der Waals surface area contributed by atoms with Gasteiger partial charge in [-0.05, 0) is 44.2 Å². The van der Waals surface area contributed by atoms with Crippen molar-refractivity contribution in [2.24, 2.45) is 0 Å². The van der Waals surface area contributed by atoms with Crippen molar-refractivity contribution in [2.45, 2.75) is 26.8 Å². The predicted octanol–water partition coefficient (Wildman–Crippen LogP) is 3.19. The van der Waals surface area contributed by atoms with Crippen LogP contribution in [-0.2, 0) is 13.0 Å². The van der Waals surface area contributed by atoms with E-state index in [0.29, 0.717) is 6.54 Å². The van der Waals surface area contributed by atoms with Gasteiger partial charge in [-0.1, -0.05) is 6.07 Å². The Morgan fingerprint density at radius 2 is 1.96 bits per heavy atom. The number of benzene rings is 1. The van der Waals surface area contributed by atoms with Gasteiger partial charge in [0.1, 0.15) is 5.75 Å². The van der Waals surface area contributed by atoms with Gasteiger partial charge in [-0.2, -0.15) is 0 Å². The molecule has 0 bridgehead atoms. The molecule has 1 aromatic carbocycles. The summed E-state index contributed by atoms with van der Waals surface area (Å²) in [6.07, 6.45) is 4.42. The van der Waals surface area contributed by atoms with E-state index in [1.54, 1.807) is 18.5 Å². The fourth-order valence-corrected chi connectivity index (χ4v) is 2.67. The maximum absolute atomic E-state index is 10.1. The molecule has 0 aliphatic carbocycles. The van der Waals surface area contributed by atoms with E-state index in [-0.39, 0.29) is 5.75 Å². The molecular weight excluding hydrogens is 312 g/mol. The molecule has 128 valence electrons. The van der Waals surface area contributed by atoms with Gasteiger partial charge in [-0.3, -0.25) is 9.97 Å². The van der Waals surface area contributed by atoms with Gasteiger partial charge in [0.05, 0.1) is 17.1 Å². The summed E-state index contributed by atoms with van der Waals surface area (Å²) < 4.78 is 0. The number of phenolic OH excluding ortho intramolecular Hbond substituents is 1. The molecule has 0 saturated heterocycles. The normalized spacial score (nSPS) is 10.8. The van der Waals surface area contributed by atoms with Crippen molar-refractivity contribution in [3.05, 3.63) is 71.4 Å². The maximum Gasteiger partial charge on any atom is 0.120 e. The molecule has 2 heterocycles. The zero-order valence-corrected chi connectivity index (χ0v) is 14.5. The van der Waals surface area contributed by atoms with Crippen molar-refractivity contribution in [3.8, 4) is 17.0 Å². The second kappa shape index (κ2) is 7.85. The van der Waals surface area contributed by atoms with Crippen molar-refractivity contribution in [1.82, 2.24) is 20.3 Å². The summed E-state index contributed by atoms with van der Waals surface area (Å²) in [4.78, 5) is 13.3. The molecule has 0 amide bonds. The highest BCUT2D eigenvalue weighted by molar-refractivity contribution is 5.64. The van der Waals surface area contributed by atoms with Crippen LogP contribution in [0.3, 0.4) is 0 Å². The van der Waals surface area contributed by atoms with E-state index in [0.717, 1.165) is 46.9 Å². The van der Waals surface area contributed by atoms with E-state index in [4.69, 9.17) is 0 Å². The Hall–Kier alpha value is -2.79. The molecule has 0 radical (unpaired) electrons. The van der Waals surface area contributed by atoms with Crippen LogP contribution in [0.5, 0.6) is 5.75 Å². The zero-order chi connectivity index (χ0) is 17.6. The van der Waals surface area contributed by atoms with Crippen LogP contribution in [0.4, 0.5) is 0 Å². The molecule has 0 atom stereocenters. The highest BCUT2D eigenvalue weighted by atomic mass is 16.3. The largest absolute Gasteiger partial charge is 0.508 e. The van der Waals surface area contributed by atoms with Crippen LogP contribution in [0, 0.1) is 13.8 Å². The van der Waals surface area contributed by atoms with Gasteiger partial charge < -0.3 is 10.4 Å². The van der Waals surface area contributed by atoms with Crippen molar-refractivity contribution in [1.29, 1.82) is 0 Å². The van der Waals surface area contributed by atoms with Gasteiger partial charge in [0.25, 0.3) is 0 Å². The molecule has 3 aromatic rings. The first-order valence-electron chi connectivity index (χ1n) is 8.36. The van der Waals surface area contributed by atoms with Crippen LogP contribution >= 0.6 is 0 Å². The lowest BCUT2D eigenvalue weighted by Gasteiger charge is -2.10. The van der Waals surface area contributed by atoms with Crippen LogP contribution in [0.2, 0.25) is 0 Å². The average Bonchev–Trinajstić information content (AvgIpc) is 2.63. The van der Waals surface area contributed by atoms with E-state index in [1.165, 1.54) is 0 Å². The number of aromatic nitrogens is 3. The summed E-state index contributed by atoms with van der Waals surface area (Å²) >= 11 is 0. The minimum atomic E-state index is 0.285. The smallest absolute Gasteiger partial charge is 0.120 e. The second-order valence-corrected chi connectivity index (χ2v) is 6.04. The Morgan fingerprint density at radius 1 is 1.08 bits per heavy atom. The number of nitrogens with zero attached hydrogens (tertiary/aromatic N) is 3. The molecule has 0 unspecified atom stereocenters. The number of phenols is 1. The molecule has 2 aromatic heterocycles. The molecule has 25 heavy (non-hydrogen) atoms. The number of nitrogens with one attached hydrogen (secondary N) is 1. The highest BCUT2D eigenvalue weighted by Crippen LogP contribution is 2.26. The molecule has 0 spiro atoms. The van der Waals surface area contributed by atoms with E-state index < -0.39 is 0 Å². The number of rotatable bonds is 6. The van der Waals surface area contributed by atoms with E-state index in [2.05, 4.69) is 20.3 Å². The average molecular weight is 334 g/mol. The van der Waals surface area contributed by atoms with Gasteiger partial charge in [0, 0.05) is 48.7 Å². The van der Waals surface area contributed by atoms with Crippen LogP contribution in [0.15, 0.2) is 48.8 Å². The molecule has 3 rings (SSSR count). The van der Waals surface area contributed by atoms with Gasteiger partial charge >= 0.3 is 0 Å². The first kappa shape index (κ1) is 17.0. The third-order valence-corrected chi connectivity index (χ3v) is 4.03. The maximum atomic E-state index is 10.1. The fraction of sp³-hybridized carbons (Fsp3) is 0.250. The van der Waals surface area contributed by atoms with Crippen LogP contribution < -0.4 is 5.32 Å². The van der Waals surface area contributed by atoms with Crippen LogP contribution in [0.25, 0.3) is 11.3 Å². The quantitative estimate of drug-likeness (QED) is 0.678. The fourth-order valence-electron chi connectivity index (χ4n) is 2.67. The summed E-state index contributed by atoms with van der Waals surface area (Å²) in [5.74, 6) is 0.285. The number of aromatic hydroxyl groups is 1. The predicted molar refractivity (Wildman–Crippen MR) is 98.3 cm³/mol. The number of aryl methyl sites for hydroxylation is 2. The van der Waals surface area contributed by atoms with Crippen molar-refractivity contribution >= 4 is 0 Å². The Kier molecular flexibility index (Phi) is 5.36. The number of hydrogen-bond acceptors (Lipinski definition) is 5. The monoisotopic (exact) mass is 334 g/mol. The van der Waals surface area contributed by atoms with Crippen molar-refractivity contribution in [3.63, 3.8) is 0 Å². The molecule has 0 aliphatic rings. The lowest BCUT2D eigenvalue weighted by atomic mass is 10.1. The molecule has 5 nitrogen and oxygen atoms in total. The third kappa shape index (κ3) is 4.39. The SMILES string of the molecule is Cc1cnc(C)c(-c2ccc(O)c(CNCCc3ccccn3)c2)n1. The molecule has 5 heteroatoms. The van der Waals surface area contributed by atoms with Crippen molar-refractivity contribution < 1.29 is 5.11 Å². The molecule has 2 N–H and O–H groups in total.